The van der Waals surface area contributed by atoms with Crippen LogP contribution in [0.25, 0.3) is 0 Å². The second-order valence-corrected chi connectivity index (χ2v) is 5.57. The van der Waals surface area contributed by atoms with Crippen LogP contribution in [0.1, 0.15) is 11.1 Å². The van der Waals surface area contributed by atoms with Crippen molar-refractivity contribution < 1.29 is 0 Å². The minimum Gasteiger partial charge on any atom is -0.312 e. The van der Waals surface area contributed by atoms with E-state index in [0.29, 0.717) is 5.02 Å². The number of hydrogen-bond donors (Lipinski definition) is 1. The highest BCUT2D eigenvalue weighted by Gasteiger charge is 2.01. The number of nitrogens with one attached hydrogen (secondary N) is 1. The van der Waals surface area contributed by atoms with Gasteiger partial charge in [-0.05, 0) is 48.4 Å². The summed E-state index contributed by atoms with van der Waals surface area (Å²) in [7, 11) is 0. The van der Waals surface area contributed by atoms with Gasteiger partial charge in [0, 0.05) is 21.6 Å². The number of hydrogen-bond acceptors (Lipinski definition) is 1. The van der Waals surface area contributed by atoms with Crippen LogP contribution in [0.4, 0.5) is 0 Å². The molecule has 0 heterocycles. The molecule has 5 heteroatoms. The summed E-state index contributed by atoms with van der Waals surface area (Å²) in [5.74, 6) is 0. The van der Waals surface area contributed by atoms with Crippen LogP contribution in [-0.4, -0.2) is 6.54 Å². The molecule has 0 saturated carbocycles. The fourth-order valence-corrected chi connectivity index (χ4v) is 2.41. The summed E-state index contributed by atoms with van der Waals surface area (Å²) in [6.07, 6.45) is 0.879. The SMILES string of the molecule is Cl.Clc1ccc(CNCCc2ccc(Cl)cc2Cl)cc1. The molecule has 0 aliphatic heterocycles. The predicted octanol–water partition coefficient (Wildman–Crippen LogP) is 5.40. The van der Waals surface area contributed by atoms with Crippen LogP contribution < -0.4 is 5.32 Å². The predicted molar refractivity (Wildman–Crippen MR) is 90.6 cm³/mol. The monoisotopic (exact) mass is 349 g/mol. The lowest BCUT2D eigenvalue weighted by molar-refractivity contribution is 0.687. The Labute approximate surface area is 140 Å². The van der Waals surface area contributed by atoms with E-state index in [1.807, 2.05) is 36.4 Å². The molecule has 2 rings (SSSR count). The highest BCUT2D eigenvalue weighted by Crippen LogP contribution is 2.21. The van der Waals surface area contributed by atoms with Gasteiger partial charge in [0.05, 0.1) is 0 Å². The summed E-state index contributed by atoms with van der Waals surface area (Å²) < 4.78 is 0. The summed E-state index contributed by atoms with van der Waals surface area (Å²) in [6, 6.07) is 13.4. The van der Waals surface area contributed by atoms with Gasteiger partial charge in [-0.15, -0.1) is 12.4 Å². The molecular weight excluding hydrogens is 336 g/mol. The van der Waals surface area contributed by atoms with Crippen LogP contribution in [0, 0.1) is 0 Å². The van der Waals surface area contributed by atoms with Gasteiger partial charge in [-0.1, -0.05) is 53.0 Å². The molecule has 0 fully saturated rings. The molecule has 1 N–H and O–H groups in total. The van der Waals surface area contributed by atoms with E-state index in [-0.39, 0.29) is 12.4 Å². The molecule has 2 aromatic rings. The zero-order valence-corrected chi connectivity index (χ0v) is 13.8. The molecule has 0 spiro atoms. The van der Waals surface area contributed by atoms with Gasteiger partial charge in [0.15, 0.2) is 0 Å². The average molecular weight is 351 g/mol. The molecule has 0 aliphatic carbocycles. The first-order chi connectivity index (χ1) is 9.15. The first-order valence-electron chi connectivity index (χ1n) is 6.04. The second kappa shape index (κ2) is 8.76. The van der Waals surface area contributed by atoms with Gasteiger partial charge in [0.2, 0.25) is 0 Å². The quantitative estimate of drug-likeness (QED) is 0.711. The third-order valence-electron chi connectivity index (χ3n) is 2.83. The van der Waals surface area contributed by atoms with E-state index in [1.165, 1.54) is 5.56 Å². The van der Waals surface area contributed by atoms with E-state index in [0.717, 1.165) is 35.1 Å². The van der Waals surface area contributed by atoms with Crippen LogP contribution in [-0.2, 0) is 13.0 Å². The van der Waals surface area contributed by atoms with Crippen molar-refractivity contribution in [2.45, 2.75) is 13.0 Å². The van der Waals surface area contributed by atoms with E-state index < -0.39 is 0 Å². The van der Waals surface area contributed by atoms with E-state index in [9.17, 15) is 0 Å². The zero-order valence-electron chi connectivity index (χ0n) is 10.7. The zero-order chi connectivity index (χ0) is 13.7. The Morgan fingerprint density at radius 3 is 2.15 bits per heavy atom. The van der Waals surface area contributed by atoms with Crippen molar-refractivity contribution >= 4 is 47.2 Å². The molecule has 20 heavy (non-hydrogen) atoms. The molecular formula is C15H15Cl4N. The molecule has 0 saturated heterocycles. The molecule has 0 aliphatic rings. The molecule has 0 radical (unpaired) electrons. The Balaban J connectivity index is 0.00000200. The summed E-state index contributed by atoms with van der Waals surface area (Å²) in [6.45, 7) is 1.69. The van der Waals surface area contributed by atoms with Gasteiger partial charge in [-0.2, -0.15) is 0 Å². The van der Waals surface area contributed by atoms with Crippen molar-refractivity contribution in [2.75, 3.05) is 6.54 Å². The van der Waals surface area contributed by atoms with Crippen LogP contribution >= 0.6 is 47.2 Å². The molecule has 0 atom stereocenters. The summed E-state index contributed by atoms with van der Waals surface area (Å²) >= 11 is 17.8. The van der Waals surface area contributed by atoms with Crippen molar-refractivity contribution in [1.82, 2.24) is 5.32 Å². The van der Waals surface area contributed by atoms with Gasteiger partial charge < -0.3 is 5.32 Å². The first kappa shape index (κ1) is 17.6. The lowest BCUT2D eigenvalue weighted by Gasteiger charge is -2.07. The average Bonchev–Trinajstić information content (AvgIpc) is 2.39. The normalized spacial score (nSPS) is 10.2. The molecule has 0 aromatic heterocycles. The Morgan fingerprint density at radius 1 is 0.850 bits per heavy atom. The van der Waals surface area contributed by atoms with Gasteiger partial charge in [-0.25, -0.2) is 0 Å². The lowest BCUT2D eigenvalue weighted by atomic mass is 10.1. The van der Waals surface area contributed by atoms with E-state index in [2.05, 4.69) is 5.32 Å². The molecule has 0 unspecified atom stereocenters. The number of rotatable bonds is 5. The fraction of sp³-hybridized carbons (Fsp3) is 0.200. The van der Waals surface area contributed by atoms with E-state index in [1.54, 1.807) is 6.07 Å². The van der Waals surface area contributed by atoms with Gasteiger partial charge in [0.25, 0.3) is 0 Å². The van der Waals surface area contributed by atoms with Crippen LogP contribution in [0.2, 0.25) is 15.1 Å². The van der Waals surface area contributed by atoms with Crippen molar-refractivity contribution in [3.8, 4) is 0 Å². The third kappa shape index (κ3) is 5.51. The van der Waals surface area contributed by atoms with Crippen LogP contribution in [0.3, 0.4) is 0 Å². The molecule has 1 nitrogen and oxygen atoms in total. The summed E-state index contributed by atoms with van der Waals surface area (Å²) in [4.78, 5) is 0. The van der Waals surface area contributed by atoms with E-state index in [4.69, 9.17) is 34.8 Å². The first-order valence-corrected chi connectivity index (χ1v) is 7.17. The maximum absolute atomic E-state index is 6.12. The van der Waals surface area contributed by atoms with Crippen molar-refractivity contribution in [1.29, 1.82) is 0 Å². The Morgan fingerprint density at radius 2 is 1.50 bits per heavy atom. The van der Waals surface area contributed by atoms with Crippen molar-refractivity contribution in [3.63, 3.8) is 0 Å². The van der Waals surface area contributed by atoms with Crippen molar-refractivity contribution in [2.24, 2.45) is 0 Å². The standard InChI is InChI=1S/C15H14Cl3N.ClH/c16-13-4-1-11(2-5-13)10-19-8-7-12-3-6-14(17)9-15(12)18;/h1-6,9,19H,7-8,10H2;1H. The lowest BCUT2D eigenvalue weighted by Crippen LogP contribution is -2.16. The maximum Gasteiger partial charge on any atom is 0.0453 e. The summed E-state index contributed by atoms with van der Waals surface area (Å²) in [5, 5.41) is 5.53. The number of halogens is 4. The van der Waals surface area contributed by atoms with Crippen LogP contribution in [0.5, 0.6) is 0 Å². The molecule has 0 amide bonds. The van der Waals surface area contributed by atoms with Crippen LogP contribution in [0.15, 0.2) is 42.5 Å². The molecule has 2 aromatic carbocycles. The smallest absolute Gasteiger partial charge is 0.0453 e. The number of benzene rings is 2. The largest absolute Gasteiger partial charge is 0.312 e. The van der Waals surface area contributed by atoms with Gasteiger partial charge in [-0.3, -0.25) is 0 Å². The minimum absolute atomic E-state index is 0. The fourth-order valence-electron chi connectivity index (χ4n) is 1.78. The maximum atomic E-state index is 6.12. The highest BCUT2D eigenvalue weighted by molar-refractivity contribution is 6.35. The third-order valence-corrected chi connectivity index (χ3v) is 3.67. The Kier molecular flexibility index (Phi) is 7.71. The topological polar surface area (TPSA) is 12.0 Å². The molecule has 0 bridgehead atoms. The highest BCUT2D eigenvalue weighted by atomic mass is 35.5. The Hall–Kier alpha value is -0.440. The van der Waals surface area contributed by atoms with Gasteiger partial charge >= 0.3 is 0 Å². The Bertz CT molecular complexity index is 540. The minimum atomic E-state index is 0. The summed E-state index contributed by atoms with van der Waals surface area (Å²) in [5.41, 5.74) is 2.32. The molecule has 108 valence electrons. The van der Waals surface area contributed by atoms with Gasteiger partial charge in [0.1, 0.15) is 0 Å². The van der Waals surface area contributed by atoms with E-state index >= 15 is 0 Å². The second-order valence-electron chi connectivity index (χ2n) is 4.29. The van der Waals surface area contributed by atoms with Crippen molar-refractivity contribution in [3.05, 3.63) is 68.7 Å².